The van der Waals surface area contributed by atoms with Crippen molar-refractivity contribution in [2.75, 3.05) is 17.6 Å². The van der Waals surface area contributed by atoms with Gasteiger partial charge < -0.3 is 11.1 Å². The highest BCUT2D eigenvalue weighted by Crippen LogP contribution is 2.06. The summed E-state index contributed by atoms with van der Waals surface area (Å²) in [6, 6.07) is 4.82. The monoisotopic (exact) mass is 173 g/mol. The average molecular weight is 173 g/mol. The largest absolute Gasteiger partial charge is 0.384 e. The number of nitrogens with zero attached hydrogens (tertiary/aromatic N) is 1. The van der Waals surface area contributed by atoms with Crippen molar-refractivity contribution in [3.8, 4) is 0 Å². The van der Waals surface area contributed by atoms with Gasteiger partial charge in [-0.1, -0.05) is 6.07 Å². The van der Waals surface area contributed by atoms with Gasteiger partial charge in [0.25, 0.3) is 6.43 Å². The molecule has 3 nitrogen and oxygen atoms in total. The van der Waals surface area contributed by atoms with E-state index in [1.807, 2.05) is 0 Å². The molecule has 1 rings (SSSR count). The summed E-state index contributed by atoms with van der Waals surface area (Å²) < 4.78 is 23.4. The molecule has 1 heterocycles. The number of nitrogens with two attached hydrogens (primary N) is 1. The van der Waals surface area contributed by atoms with E-state index in [4.69, 9.17) is 5.73 Å². The number of hydrogen-bond acceptors (Lipinski definition) is 3. The summed E-state index contributed by atoms with van der Waals surface area (Å²) in [7, 11) is 0. The average Bonchev–Trinajstić information content (AvgIpc) is 2.01. The van der Waals surface area contributed by atoms with Crippen LogP contribution in [0.15, 0.2) is 18.2 Å². The Kier molecular flexibility index (Phi) is 2.79. The van der Waals surface area contributed by atoms with Crippen molar-refractivity contribution in [2.45, 2.75) is 6.43 Å². The van der Waals surface area contributed by atoms with E-state index in [1.54, 1.807) is 18.2 Å². The number of alkyl halides is 2. The minimum atomic E-state index is -2.38. The number of halogens is 2. The lowest BCUT2D eigenvalue weighted by Gasteiger charge is -2.03. The van der Waals surface area contributed by atoms with Crippen LogP contribution in [0.25, 0.3) is 0 Å². The van der Waals surface area contributed by atoms with Gasteiger partial charge in [0.05, 0.1) is 6.54 Å². The Morgan fingerprint density at radius 3 is 2.83 bits per heavy atom. The molecule has 3 N–H and O–H groups in total. The molecule has 0 aliphatic heterocycles. The number of hydrogen-bond donors (Lipinski definition) is 2. The fourth-order valence-electron chi connectivity index (χ4n) is 0.732. The van der Waals surface area contributed by atoms with Crippen LogP contribution in [0.5, 0.6) is 0 Å². The molecule has 0 amide bonds. The minimum Gasteiger partial charge on any atom is -0.384 e. The van der Waals surface area contributed by atoms with Crippen LogP contribution in [0.3, 0.4) is 0 Å². The molecular weight excluding hydrogens is 164 g/mol. The van der Waals surface area contributed by atoms with E-state index in [9.17, 15) is 8.78 Å². The van der Waals surface area contributed by atoms with Gasteiger partial charge in [0.15, 0.2) is 0 Å². The van der Waals surface area contributed by atoms with E-state index in [-0.39, 0.29) is 0 Å². The summed E-state index contributed by atoms with van der Waals surface area (Å²) in [5, 5.41) is 2.44. The molecule has 0 spiro atoms. The second-order valence-electron chi connectivity index (χ2n) is 2.22. The third kappa shape index (κ3) is 2.69. The van der Waals surface area contributed by atoms with Crippen molar-refractivity contribution in [3.63, 3.8) is 0 Å². The maximum Gasteiger partial charge on any atom is 0.255 e. The van der Waals surface area contributed by atoms with E-state index in [1.165, 1.54) is 0 Å². The van der Waals surface area contributed by atoms with Crippen molar-refractivity contribution in [1.82, 2.24) is 4.98 Å². The van der Waals surface area contributed by atoms with Crippen LogP contribution in [-0.2, 0) is 0 Å². The van der Waals surface area contributed by atoms with E-state index >= 15 is 0 Å². The van der Waals surface area contributed by atoms with Gasteiger partial charge >= 0.3 is 0 Å². The summed E-state index contributed by atoms with van der Waals surface area (Å²) >= 11 is 0. The first-order chi connectivity index (χ1) is 5.68. The van der Waals surface area contributed by atoms with Gasteiger partial charge in [-0.25, -0.2) is 13.8 Å². The zero-order chi connectivity index (χ0) is 8.97. The van der Waals surface area contributed by atoms with Gasteiger partial charge in [0.2, 0.25) is 0 Å². The van der Waals surface area contributed by atoms with E-state index in [2.05, 4.69) is 10.3 Å². The Labute approximate surface area is 68.6 Å². The number of rotatable bonds is 3. The maximum atomic E-state index is 11.7. The topological polar surface area (TPSA) is 50.9 Å². The van der Waals surface area contributed by atoms with Gasteiger partial charge in [-0.15, -0.1) is 0 Å². The second-order valence-corrected chi connectivity index (χ2v) is 2.22. The molecule has 0 fully saturated rings. The summed E-state index contributed by atoms with van der Waals surface area (Å²) in [6.07, 6.45) is -2.38. The Morgan fingerprint density at radius 2 is 2.25 bits per heavy atom. The molecule has 66 valence electrons. The Balaban J connectivity index is 2.52. The van der Waals surface area contributed by atoms with Crippen LogP contribution in [0.1, 0.15) is 0 Å². The van der Waals surface area contributed by atoms with E-state index in [0.717, 1.165) is 0 Å². The Hall–Kier alpha value is -1.39. The van der Waals surface area contributed by atoms with Crippen molar-refractivity contribution in [3.05, 3.63) is 18.2 Å². The molecule has 0 bridgehead atoms. The third-order valence-electron chi connectivity index (χ3n) is 1.21. The Morgan fingerprint density at radius 1 is 1.50 bits per heavy atom. The number of nitrogens with one attached hydrogen (secondary N) is 1. The fourth-order valence-corrected chi connectivity index (χ4v) is 0.732. The fraction of sp³-hybridized carbons (Fsp3) is 0.286. The zero-order valence-electron chi connectivity index (χ0n) is 6.30. The SMILES string of the molecule is Nc1cccc(NCC(F)F)n1. The lowest BCUT2D eigenvalue weighted by Crippen LogP contribution is -2.11. The molecular formula is C7H9F2N3. The molecule has 0 atom stereocenters. The van der Waals surface area contributed by atoms with Crippen molar-refractivity contribution >= 4 is 11.6 Å². The maximum absolute atomic E-state index is 11.7. The highest BCUT2D eigenvalue weighted by molar-refractivity contribution is 5.42. The molecule has 12 heavy (non-hydrogen) atoms. The standard InChI is InChI=1S/C7H9F2N3/c8-5(9)4-11-7-3-1-2-6(10)12-7/h1-3,5H,4H2,(H3,10,11,12). The van der Waals surface area contributed by atoms with Crippen LogP contribution in [0.4, 0.5) is 20.4 Å². The molecule has 0 saturated carbocycles. The highest BCUT2D eigenvalue weighted by atomic mass is 19.3. The first-order valence-electron chi connectivity index (χ1n) is 3.43. The van der Waals surface area contributed by atoms with Gasteiger partial charge in [-0.05, 0) is 12.1 Å². The second kappa shape index (κ2) is 3.85. The first-order valence-corrected chi connectivity index (χ1v) is 3.43. The van der Waals surface area contributed by atoms with Crippen molar-refractivity contribution in [2.24, 2.45) is 0 Å². The van der Waals surface area contributed by atoms with Gasteiger partial charge in [-0.3, -0.25) is 0 Å². The highest BCUT2D eigenvalue weighted by Gasteiger charge is 2.01. The van der Waals surface area contributed by atoms with Gasteiger partial charge in [0, 0.05) is 0 Å². The summed E-state index contributed by atoms with van der Waals surface area (Å²) in [5.41, 5.74) is 5.33. The predicted octanol–water partition coefficient (Wildman–Crippen LogP) is 1.34. The van der Waals surface area contributed by atoms with Crippen LogP contribution in [-0.4, -0.2) is 18.0 Å². The summed E-state index contributed by atoms with van der Waals surface area (Å²) in [4.78, 5) is 3.78. The molecule has 0 aliphatic carbocycles. The lowest BCUT2D eigenvalue weighted by atomic mass is 10.4. The normalized spacial score (nSPS) is 10.2. The first kappa shape index (κ1) is 8.70. The molecule has 1 aromatic rings. The van der Waals surface area contributed by atoms with Crippen LogP contribution in [0, 0.1) is 0 Å². The summed E-state index contributed by atoms with van der Waals surface area (Å²) in [6.45, 7) is -0.406. The van der Waals surface area contributed by atoms with E-state index < -0.39 is 13.0 Å². The zero-order valence-corrected chi connectivity index (χ0v) is 6.30. The third-order valence-corrected chi connectivity index (χ3v) is 1.21. The molecule has 5 heteroatoms. The van der Waals surface area contributed by atoms with Crippen LogP contribution < -0.4 is 11.1 Å². The molecule has 0 saturated heterocycles. The molecule has 0 aliphatic rings. The number of pyridine rings is 1. The number of aromatic nitrogens is 1. The van der Waals surface area contributed by atoms with Crippen molar-refractivity contribution in [1.29, 1.82) is 0 Å². The summed E-state index contributed by atoms with van der Waals surface area (Å²) in [5.74, 6) is 0.685. The van der Waals surface area contributed by atoms with Gasteiger partial charge in [0.1, 0.15) is 11.6 Å². The smallest absolute Gasteiger partial charge is 0.255 e. The van der Waals surface area contributed by atoms with Crippen molar-refractivity contribution < 1.29 is 8.78 Å². The molecule has 0 radical (unpaired) electrons. The number of nitrogen functional groups attached to an aromatic ring is 1. The molecule has 0 unspecified atom stereocenters. The van der Waals surface area contributed by atoms with E-state index in [0.29, 0.717) is 11.6 Å². The molecule has 0 aromatic carbocycles. The van der Waals surface area contributed by atoms with Crippen LogP contribution in [0.2, 0.25) is 0 Å². The number of anilines is 2. The van der Waals surface area contributed by atoms with Gasteiger partial charge in [-0.2, -0.15) is 0 Å². The predicted molar refractivity (Wildman–Crippen MR) is 43.1 cm³/mol. The molecule has 1 aromatic heterocycles. The Bertz CT molecular complexity index is 252. The quantitative estimate of drug-likeness (QED) is 0.725. The van der Waals surface area contributed by atoms with Crippen LogP contribution >= 0.6 is 0 Å². The minimum absolute atomic E-state index is 0.314. The lowest BCUT2D eigenvalue weighted by molar-refractivity contribution is 0.163.